The minimum absolute atomic E-state index is 0.0861. The molecule has 1 unspecified atom stereocenters. The maximum Gasteiger partial charge on any atom is 0.320 e. The zero-order chi connectivity index (χ0) is 13.3. The lowest BCUT2D eigenvalue weighted by Crippen LogP contribution is -2.40. The van der Waals surface area contributed by atoms with Gasteiger partial charge in [-0.1, -0.05) is 17.7 Å². The van der Waals surface area contributed by atoms with Crippen LogP contribution in [0.3, 0.4) is 0 Å². The van der Waals surface area contributed by atoms with Crippen LogP contribution in [0, 0.1) is 5.82 Å². The number of hydrogen-bond acceptors (Lipinski definition) is 2. The number of rotatable bonds is 5. The minimum atomic E-state index is -0.851. The number of hydrogen-bond donors (Lipinski definition) is 1. The highest BCUT2D eigenvalue weighted by Crippen LogP contribution is 2.30. The molecule has 1 aliphatic carbocycles. The van der Waals surface area contributed by atoms with E-state index < -0.39 is 17.8 Å². The quantitative estimate of drug-likeness (QED) is 0.895. The third kappa shape index (κ3) is 3.00. The van der Waals surface area contributed by atoms with E-state index in [-0.39, 0.29) is 5.02 Å². The Labute approximate surface area is 110 Å². The molecule has 1 N–H and O–H groups in total. The molecule has 0 spiro atoms. The first-order valence-electron chi connectivity index (χ1n) is 5.91. The molecule has 3 nitrogen and oxygen atoms in total. The minimum Gasteiger partial charge on any atom is -0.480 e. The molecule has 1 atom stereocenters. The molecular weight excluding hydrogens is 257 g/mol. The van der Waals surface area contributed by atoms with Crippen molar-refractivity contribution < 1.29 is 14.3 Å². The summed E-state index contributed by atoms with van der Waals surface area (Å²) < 4.78 is 13.3. The van der Waals surface area contributed by atoms with Gasteiger partial charge < -0.3 is 5.11 Å². The number of benzene rings is 1. The van der Waals surface area contributed by atoms with Crippen molar-refractivity contribution in [3.63, 3.8) is 0 Å². The number of carboxylic acid groups (broad SMARTS) is 1. The topological polar surface area (TPSA) is 40.5 Å². The maximum absolute atomic E-state index is 13.3. The van der Waals surface area contributed by atoms with Gasteiger partial charge >= 0.3 is 5.97 Å². The van der Waals surface area contributed by atoms with Gasteiger partial charge in [0.25, 0.3) is 0 Å². The fraction of sp³-hybridized carbons (Fsp3) is 0.462. The van der Waals surface area contributed by atoms with Crippen molar-refractivity contribution in [3.05, 3.63) is 34.6 Å². The molecule has 1 aromatic carbocycles. The van der Waals surface area contributed by atoms with E-state index in [1.54, 1.807) is 13.0 Å². The van der Waals surface area contributed by atoms with E-state index in [0.717, 1.165) is 18.4 Å². The summed E-state index contributed by atoms with van der Waals surface area (Å²) in [6.07, 6.45) is 2.02. The molecule has 1 aromatic rings. The zero-order valence-corrected chi connectivity index (χ0v) is 10.8. The first-order valence-corrected chi connectivity index (χ1v) is 6.29. The third-order valence-corrected chi connectivity index (χ3v) is 3.53. The number of carbonyl (C=O) groups is 1. The second-order valence-electron chi connectivity index (χ2n) is 4.67. The highest BCUT2D eigenvalue weighted by molar-refractivity contribution is 6.30. The van der Waals surface area contributed by atoms with Gasteiger partial charge in [-0.25, -0.2) is 4.39 Å². The normalized spacial score (nSPS) is 16.9. The first kappa shape index (κ1) is 13.3. The lowest BCUT2D eigenvalue weighted by atomic mass is 10.1. The van der Waals surface area contributed by atoms with Crippen LogP contribution in [-0.4, -0.2) is 28.1 Å². The Morgan fingerprint density at radius 1 is 1.61 bits per heavy atom. The Kier molecular flexibility index (Phi) is 3.88. The van der Waals surface area contributed by atoms with Gasteiger partial charge in [0, 0.05) is 12.6 Å². The second kappa shape index (κ2) is 5.24. The van der Waals surface area contributed by atoms with Gasteiger partial charge in [-0.2, -0.15) is 0 Å². The van der Waals surface area contributed by atoms with E-state index in [1.165, 1.54) is 12.1 Å². The summed E-state index contributed by atoms with van der Waals surface area (Å²) in [5.41, 5.74) is 0.747. The summed E-state index contributed by atoms with van der Waals surface area (Å²) in [5.74, 6) is -1.32. The standard InChI is InChI=1S/C13H15ClFNO2/c1-8(13(17)18)16(10-3-4-10)7-9-2-5-11(14)12(15)6-9/h2,5-6,8,10H,3-4,7H2,1H3,(H,17,18). The summed E-state index contributed by atoms with van der Waals surface area (Å²) in [6, 6.07) is 4.34. The Balaban J connectivity index is 2.13. The Bertz CT molecular complexity index is 462. The summed E-state index contributed by atoms with van der Waals surface area (Å²) in [5, 5.41) is 9.16. The van der Waals surface area contributed by atoms with E-state index >= 15 is 0 Å². The van der Waals surface area contributed by atoms with Crippen LogP contribution in [0.1, 0.15) is 25.3 Å². The van der Waals surface area contributed by atoms with E-state index in [2.05, 4.69) is 0 Å². The van der Waals surface area contributed by atoms with Gasteiger partial charge in [0.1, 0.15) is 11.9 Å². The van der Waals surface area contributed by atoms with E-state index in [1.807, 2.05) is 4.90 Å². The molecule has 18 heavy (non-hydrogen) atoms. The fourth-order valence-electron chi connectivity index (χ4n) is 1.98. The Morgan fingerprint density at radius 3 is 2.78 bits per heavy atom. The summed E-state index contributed by atoms with van der Waals surface area (Å²) in [4.78, 5) is 12.9. The Morgan fingerprint density at radius 2 is 2.28 bits per heavy atom. The third-order valence-electron chi connectivity index (χ3n) is 3.22. The van der Waals surface area contributed by atoms with Crippen LogP contribution in [0.5, 0.6) is 0 Å². The van der Waals surface area contributed by atoms with Crippen molar-refractivity contribution in [2.45, 2.75) is 38.4 Å². The van der Waals surface area contributed by atoms with Crippen LogP contribution in [0.15, 0.2) is 18.2 Å². The highest BCUT2D eigenvalue weighted by atomic mass is 35.5. The van der Waals surface area contributed by atoms with Gasteiger partial charge in [-0.05, 0) is 37.5 Å². The van der Waals surface area contributed by atoms with Crippen LogP contribution in [0.25, 0.3) is 0 Å². The Hall–Kier alpha value is -1.13. The molecule has 0 aliphatic heterocycles. The van der Waals surface area contributed by atoms with E-state index in [9.17, 15) is 9.18 Å². The van der Waals surface area contributed by atoms with E-state index in [0.29, 0.717) is 12.6 Å². The molecule has 0 bridgehead atoms. The van der Waals surface area contributed by atoms with Gasteiger partial charge in [0.2, 0.25) is 0 Å². The molecule has 98 valence electrons. The van der Waals surface area contributed by atoms with Crippen LogP contribution in [-0.2, 0) is 11.3 Å². The monoisotopic (exact) mass is 271 g/mol. The number of aliphatic carboxylic acids is 1. The molecule has 0 amide bonds. The van der Waals surface area contributed by atoms with Crippen molar-refractivity contribution in [3.8, 4) is 0 Å². The van der Waals surface area contributed by atoms with Crippen molar-refractivity contribution in [2.75, 3.05) is 0 Å². The predicted molar refractivity (Wildman–Crippen MR) is 67.1 cm³/mol. The SMILES string of the molecule is CC(C(=O)O)N(Cc1ccc(Cl)c(F)c1)C1CC1. The summed E-state index contributed by atoms with van der Waals surface area (Å²) in [6.45, 7) is 2.10. The van der Waals surface area contributed by atoms with Crippen molar-refractivity contribution in [1.29, 1.82) is 0 Å². The largest absolute Gasteiger partial charge is 0.480 e. The summed E-state index contributed by atoms with van der Waals surface area (Å²) in [7, 11) is 0. The number of carboxylic acids is 1. The van der Waals surface area contributed by atoms with Crippen LogP contribution in [0.2, 0.25) is 5.02 Å². The molecule has 0 heterocycles. The van der Waals surface area contributed by atoms with Gasteiger partial charge in [0.05, 0.1) is 5.02 Å². The molecule has 0 radical (unpaired) electrons. The maximum atomic E-state index is 13.3. The van der Waals surface area contributed by atoms with E-state index in [4.69, 9.17) is 16.7 Å². The molecule has 1 saturated carbocycles. The average Bonchev–Trinajstić information content (AvgIpc) is 3.13. The molecule has 5 heteroatoms. The molecule has 1 aliphatic rings. The number of halogens is 2. The fourth-order valence-corrected chi connectivity index (χ4v) is 2.10. The molecule has 0 saturated heterocycles. The lowest BCUT2D eigenvalue weighted by Gasteiger charge is -2.26. The second-order valence-corrected chi connectivity index (χ2v) is 5.07. The van der Waals surface area contributed by atoms with Crippen LogP contribution in [0.4, 0.5) is 4.39 Å². The average molecular weight is 272 g/mol. The van der Waals surface area contributed by atoms with Crippen molar-refractivity contribution in [2.24, 2.45) is 0 Å². The van der Waals surface area contributed by atoms with Crippen molar-refractivity contribution >= 4 is 17.6 Å². The van der Waals surface area contributed by atoms with Crippen LogP contribution < -0.4 is 0 Å². The molecular formula is C13H15ClFNO2. The first-order chi connectivity index (χ1) is 8.49. The molecule has 1 fully saturated rings. The predicted octanol–water partition coefficient (Wildman–Crippen LogP) is 2.92. The zero-order valence-electron chi connectivity index (χ0n) is 10.1. The molecule has 2 rings (SSSR count). The van der Waals surface area contributed by atoms with Crippen molar-refractivity contribution in [1.82, 2.24) is 4.90 Å². The number of nitrogens with zero attached hydrogens (tertiary/aromatic N) is 1. The van der Waals surface area contributed by atoms with Gasteiger partial charge in [0.15, 0.2) is 0 Å². The van der Waals surface area contributed by atoms with Gasteiger partial charge in [-0.3, -0.25) is 9.69 Å². The van der Waals surface area contributed by atoms with Gasteiger partial charge in [-0.15, -0.1) is 0 Å². The smallest absolute Gasteiger partial charge is 0.320 e. The van der Waals surface area contributed by atoms with Crippen LogP contribution >= 0.6 is 11.6 Å². The highest BCUT2D eigenvalue weighted by Gasteiger charge is 2.34. The lowest BCUT2D eigenvalue weighted by molar-refractivity contribution is -0.143. The molecule has 0 aromatic heterocycles. The summed E-state index contributed by atoms with van der Waals surface area (Å²) >= 11 is 5.62.